The van der Waals surface area contributed by atoms with Crippen molar-refractivity contribution >= 4 is 6.29 Å². The van der Waals surface area contributed by atoms with Gasteiger partial charge in [0.15, 0.2) is 5.82 Å². The Balaban J connectivity index is 1.88. The normalized spacial score (nSPS) is 17.9. The summed E-state index contributed by atoms with van der Waals surface area (Å²) in [6, 6.07) is 0. The van der Waals surface area contributed by atoms with Gasteiger partial charge in [-0.05, 0) is 31.8 Å². The summed E-state index contributed by atoms with van der Waals surface area (Å²) in [7, 11) is 0. The van der Waals surface area contributed by atoms with E-state index in [0.29, 0.717) is 11.8 Å². The smallest absolute Gasteiger partial charge is 0.233 e. The zero-order valence-corrected chi connectivity index (χ0v) is 8.61. The van der Waals surface area contributed by atoms with Gasteiger partial charge in [0, 0.05) is 6.42 Å². The van der Waals surface area contributed by atoms with E-state index in [1.54, 1.807) is 0 Å². The molecule has 0 bridgehead atoms. The Morgan fingerprint density at radius 3 is 3.00 bits per heavy atom. The molecule has 2 rings (SSSR count). The molecular weight excluding hydrogens is 194 g/mol. The maximum absolute atomic E-state index is 10.2. The summed E-state index contributed by atoms with van der Waals surface area (Å²) in [5.41, 5.74) is 0. The van der Waals surface area contributed by atoms with Crippen molar-refractivity contribution in [2.24, 2.45) is 5.92 Å². The summed E-state index contributed by atoms with van der Waals surface area (Å²) in [5, 5.41) is 7.18. The van der Waals surface area contributed by atoms with E-state index in [1.165, 1.54) is 0 Å². The number of nitrogens with one attached hydrogen (secondary N) is 1. The van der Waals surface area contributed by atoms with Gasteiger partial charge in [-0.2, -0.15) is 4.98 Å². The van der Waals surface area contributed by atoms with E-state index in [1.807, 2.05) is 0 Å². The molecule has 1 N–H and O–H groups in total. The molecule has 0 saturated carbocycles. The SMILES string of the molecule is O=CCc1nc(CC2CCNCC2)no1. The van der Waals surface area contributed by atoms with Crippen LogP contribution >= 0.6 is 0 Å². The quantitative estimate of drug-likeness (QED) is 0.725. The van der Waals surface area contributed by atoms with E-state index in [4.69, 9.17) is 4.52 Å². The maximum Gasteiger partial charge on any atom is 0.233 e. The summed E-state index contributed by atoms with van der Waals surface area (Å²) in [5.74, 6) is 1.81. The molecule has 5 heteroatoms. The zero-order chi connectivity index (χ0) is 10.5. The second kappa shape index (κ2) is 5.02. The molecule has 0 radical (unpaired) electrons. The van der Waals surface area contributed by atoms with Crippen molar-refractivity contribution in [2.75, 3.05) is 13.1 Å². The van der Waals surface area contributed by atoms with E-state index in [2.05, 4.69) is 15.5 Å². The van der Waals surface area contributed by atoms with Crippen molar-refractivity contribution in [1.29, 1.82) is 0 Å². The van der Waals surface area contributed by atoms with Crippen molar-refractivity contribution in [2.45, 2.75) is 25.7 Å². The van der Waals surface area contributed by atoms with Crippen molar-refractivity contribution in [3.63, 3.8) is 0 Å². The lowest BCUT2D eigenvalue weighted by Crippen LogP contribution is -2.28. The van der Waals surface area contributed by atoms with Crippen molar-refractivity contribution < 1.29 is 9.32 Å². The second-order valence-electron chi connectivity index (χ2n) is 3.87. The van der Waals surface area contributed by atoms with Crippen LogP contribution < -0.4 is 5.32 Å². The number of rotatable bonds is 4. The highest BCUT2D eigenvalue weighted by atomic mass is 16.5. The van der Waals surface area contributed by atoms with Crippen molar-refractivity contribution in [3.05, 3.63) is 11.7 Å². The minimum absolute atomic E-state index is 0.221. The number of carbonyl (C=O) groups excluding carboxylic acids is 1. The van der Waals surface area contributed by atoms with Crippen LogP contribution in [0.5, 0.6) is 0 Å². The van der Waals surface area contributed by atoms with E-state index < -0.39 is 0 Å². The topological polar surface area (TPSA) is 68.0 Å². The Morgan fingerprint density at radius 1 is 1.47 bits per heavy atom. The zero-order valence-electron chi connectivity index (χ0n) is 8.61. The number of piperidine rings is 1. The molecule has 1 saturated heterocycles. The Kier molecular flexibility index (Phi) is 3.45. The van der Waals surface area contributed by atoms with Crippen LogP contribution in [0.25, 0.3) is 0 Å². The molecule has 82 valence electrons. The number of carbonyl (C=O) groups is 1. The Labute approximate surface area is 88.2 Å². The van der Waals surface area contributed by atoms with Gasteiger partial charge in [0.2, 0.25) is 5.89 Å². The van der Waals surface area contributed by atoms with E-state index in [0.717, 1.165) is 44.5 Å². The van der Waals surface area contributed by atoms with Gasteiger partial charge in [0.1, 0.15) is 6.29 Å². The molecule has 0 amide bonds. The fourth-order valence-electron chi connectivity index (χ4n) is 1.87. The number of nitrogens with zero attached hydrogens (tertiary/aromatic N) is 2. The molecule has 1 aliphatic rings. The van der Waals surface area contributed by atoms with Gasteiger partial charge in [-0.15, -0.1) is 0 Å². The predicted octanol–water partition coefficient (Wildman–Crippen LogP) is 0.353. The predicted molar refractivity (Wildman–Crippen MR) is 53.4 cm³/mol. The summed E-state index contributed by atoms with van der Waals surface area (Å²) in [4.78, 5) is 14.4. The lowest BCUT2D eigenvalue weighted by molar-refractivity contribution is -0.107. The fourth-order valence-corrected chi connectivity index (χ4v) is 1.87. The first-order valence-electron chi connectivity index (χ1n) is 5.34. The molecule has 0 aliphatic carbocycles. The summed E-state index contributed by atoms with van der Waals surface area (Å²) < 4.78 is 4.94. The highest BCUT2D eigenvalue weighted by Crippen LogP contribution is 2.16. The van der Waals surface area contributed by atoms with Gasteiger partial charge in [0.25, 0.3) is 0 Å². The van der Waals surface area contributed by atoms with Crippen LogP contribution in [-0.2, 0) is 17.6 Å². The van der Waals surface area contributed by atoms with Crippen LogP contribution in [0.15, 0.2) is 4.52 Å². The summed E-state index contributed by atoms with van der Waals surface area (Å²) in [6.07, 6.45) is 4.19. The molecule has 1 aromatic heterocycles. The molecule has 0 aromatic carbocycles. The second-order valence-corrected chi connectivity index (χ2v) is 3.87. The molecule has 1 aliphatic heterocycles. The number of hydrogen-bond donors (Lipinski definition) is 1. The first-order valence-corrected chi connectivity index (χ1v) is 5.34. The molecule has 0 spiro atoms. The van der Waals surface area contributed by atoms with Gasteiger partial charge >= 0.3 is 0 Å². The highest BCUT2D eigenvalue weighted by molar-refractivity contribution is 5.52. The number of aromatic nitrogens is 2. The molecular formula is C10H15N3O2. The minimum Gasteiger partial charge on any atom is -0.339 e. The Hall–Kier alpha value is -1.23. The lowest BCUT2D eigenvalue weighted by atomic mass is 9.94. The van der Waals surface area contributed by atoms with Gasteiger partial charge in [-0.25, -0.2) is 0 Å². The van der Waals surface area contributed by atoms with Gasteiger partial charge in [-0.1, -0.05) is 5.16 Å². The van der Waals surface area contributed by atoms with Crippen LogP contribution in [0.4, 0.5) is 0 Å². The maximum atomic E-state index is 10.2. The Morgan fingerprint density at radius 2 is 2.27 bits per heavy atom. The van der Waals surface area contributed by atoms with Crippen molar-refractivity contribution in [1.82, 2.24) is 15.5 Å². The molecule has 15 heavy (non-hydrogen) atoms. The molecule has 1 aromatic rings. The molecule has 2 heterocycles. The van der Waals surface area contributed by atoms with Crippen LogP contribution in [-0.4, -0.2) is 29.5 Å². The molecule has 1 fully saturated rings. The number of hydrogen-bond acceptors (Lipinski definition) is 5. The molecule has 0 atom stereocenters. The standard InChI is InChI=1S/C10H15N3O2/c14-6-3-10-12-9(13-15-10)7-8-1-4-11-5-2-8/h6,8,11H,1-5,7H2. The average Bonchev–Trinajstić information content (AvgIpc) is 2.68. The molecule has 5 nitrogen and oxygen atoms in total. The van der Waals surface area contributed by atoms with Crippen LogP contribution in [0, 0.1) is 5.92 Å². The van der Waals surface area contributed by atoms with Crippen LogP contribution in [0.2, 0.25) is 0 Å². The Bertz CT molecular complexity index is 318. The first kappa shape index (κ1) is 10.3. The van der Waals surface area contributed by atoms with E-state index in [9.17, 15) is 4.79 Å². The average molecular weight is 209 g/mol. The third-order valence-electron chi connectivity index (χ3n) is 2.70. The van der Waals surface area contributed by atoms with Gasteiger partial charge in [0.05, 0.1) is 6.42 Å². The van der Waals surface area contributed by atoms with Crippen LogP contribution in [0.3, 0.4) is 0 Å². The number of aldehydes is 1. The lowest BCUT2D eigenvalue weighted by Gasteiger charge is -2.20. The van der Waals surface area contributed by atoms with Crippen LogP contribution in [0.1, 0.15) is 24.6 Å². The van der Waals surface area contributed by atoms with Gasteiger partial charge in [-0.3, -0.25) is 0 Å². The summed E-state index contributed by atoms with van der Waals surface area (Å²) >= 11 is 0. The highest BCUT2D eigenvalue weighted by Gasteiger charge is 2.16. The monoisotopic (exact) mass is 209 g/mol. The minimum atomic E-state index is 0.221. The van der Waals surface area contributed by atoms with E-state index in [-0.39, 0.29) is 6.42 Å². The third-order valence-corrected chi connectivity index (χ3v) is 2.70. The van der Waals surface area contributed by atoms with E-state index >= 15 is 0 Å². The largest absolute Gasteiger partial charge is 0.339 e. The van der Waals surface area contributed by atoms with Crippen molar-refractivity contribution in [3.8, 4) is 0 Å². The fraction of sp³-hybridized carbons (Fsp3) is 0.700. The first-order chi connectivity index (χ1) is 7.38. The summed E-state index contributed by atoms with van der Waals surface area (Å²) in [6.45, 7) is 2.15. The third kappa shape index (κ3) is 2.86. The van der Waals surface area contributed by atoms with Gasteiger partial charge < -0.3 is 14.6 Å². The molecule has 0 unspecified atom stereocenters.